The van der Waals surface area contributed by atoms with Crippen LogP contribution in [0.25, 0.3) is 0 Å². The van der Waals surface area contributed by atoms with Crippen molar-refractivity contribution < 1.29 is 18.9 Å². The Morgan fingerprint density at radius 3 is 2.00 bits per heavy atom. The van der Waals surface area contributed by atoms with Crippen molar-refractivity contribution in [3.8, 4) is 0 Å². The fraction of sp³-hybridized carbons (Fsp3) is 0.833. The molecular weight excluding hydrogens is 93.0 g/mol. The van der Waals surface area contributed by atoms with Gasteiger partial charge in [-0.2, -0.15) is 12.8 Å². The van der Waals surface area contributed by atoms with Gasteiger partial charge in [0.25, 0.3) is 0 Å². The molecule has 1 nitrogen and oxygen atoms in total. The molecular formula is C6H12LiN. The van der Waals surface area contributed by atoms with Crippen molar-refractivity contribution in [2.24, 2.45) is 0 Å². The molecule has 0 unspecified atom stereocenters. The van der Waals surface area contributed by atoms with E-state index >= 15 is 0 Å². The first-order valence-corrected chi connectivity index (χ1v) is 2.90. The third kappa shape index (κ3) is 2.77. The number of piperidine rings is 1. The van der Waals surface area contributed by atoms with Crippen molar-refractivity contribution in [3.05, 3.63) is 6.42 Å². The molecule has 0 atom stereocenters. The number of rotatable bonds is 0. The molecule has 1 fully saturated rings. The van der Waals surface area contributed by atoms with Crippen LogP contribution < -0.4 is 18.9 Å². The zero-order chi connectivity index (χ0) is 5.11. The summed E-state index contributed by atoms with van der Waals surface area (Å²) in [5, 5.41) is 0. The normalized spacial score (nSPS) is 22.1. The molecule has 0 spiro atoms. The monoisotopic (exact) mass is 105 g/mol. The molecule has 1 heterocycles. The molecule has 1 aliphatic rings. The molecule has 2 heteroatoms. The topological polar surface area (TPSA) is 3.24 Å². The number of hydrogen-bond acceptors (Lipinski definition) is 1. The quantitative estimate of drug-likeness (QED) is 0.252. The number of nitrogens with zero attached hydrogens (tertiary/aromatic N) is 1. The first kappa shape index (κ1) is 8.56. The van der Waals surface area contributed by atoms with Gasteiger partial charge in [0, 0.05) is 0 Å². The Morgan fingerprint density at radius 1 is 1.25 bits per heavy atom. The van der Waals surface area contributed by atoms with Gasteiger partial charge < -0.3 is 11.3 Å². The number of likely N-dealkylation sites (tertiary alicyclic amines) is 1. The van der Waals surface area contributed by atoms with Gasteiger partial charge >= 0.3 is 18.9 Å². The minimum atomic E-state index is 0. The minimum absolute atomic E-state index is 0. The van der Waals surface area contributed by atoms with E-state index in [0.717, 1.165) is 0 Å². The van der Waals surface area contributed by atoms with Crippen LogP contribution >= 0.6 is 0 Å². The summed E-state index contributed by atoms with van der Waals surface area (Å²) in [6, 6.07) is 0. The molecule has 1 rings (SSSR count). The van der Waals surface area contributed by atoms with Crippen LogP contribution in [0, 0.1) is 6.42 Å². The van der Waals surface area contributed by atoms with Gasteiger partial charge in [0.05, 0.1) is 0 Å². The van der Waals surface area contributed by atoms with E-state index in [-0.39, 0.29) is 18.9 Å². The third-order valence-corrected chi connectivity index (χ3v) is 1.43. The van der Waals surface area contributed by atoms with Crippen LogP contribution in [0.3, 0.4) is 0 Å². The summed E-state index contributed by atoms with van der Waals surface area (Å²) >= 11 is 0. The summed E-state index contributed by atoms with van der Waals surface area (Å²) in [4.78, 5) is 2.36. The average Bonchev–Trinajstić information content (AvgIpc) is 1.69. The van der Waals surface area contributed by atoms with Crippen molar-refractivity contribution in [2.45, 2.75) is 12.8 Å². The summed E-state index contributed by atoms with van der Waals surface area (Å²) in [6.45, 7) is 2.53. The molecule has 8 heavy (non-hydrogen) atoms. The Balaban J connectivity index is 0.000000490. The van der Waals surface area contributed by atoms with Crippen LogP contribution in [0.2, 0.25) is 0 Å². The van der Waals surface area contributed by atoms with Gasteiger partial charge in [-0.25, -0.2) is 0 Å². The molecule has 1 saturated heterocycles. The largest absolute Gasteiger partial charge is 1.00 e. The van der Waals surface area contributed by atoms with E-state index < -0.39 is 0 Å². The van der Waals surface area contributed by atoms with Gasteiger partial charge in [-0.3, -0.25) is 0 Å². The summed E-state index contributed by atoms with van der Waals surface area (Å²) in [6.07, 6.45) is 4.94. The first-order chi connectivity index (χ1) is 3.39. The zero-order valence-electron chi connectivity index (χ0n) is 5.85. The van der Waals surface area contributed by atoms with Crippen LogP contribution in [0.15, 0.2) is 0 Å². The zero-order valence-corrected chi connectivity index (χ0v) is 5.85. The van der Waals surface area contributed by atoms with Crippen LogP contribution in [0.1, 0.15) is 12.8 Å². The van der Waals surface area contributed by atoms with E-state index in [2.05, 4.69) is 18.4 Å². The summed E-state index contributed by atoms with van der Waals surface area (Å²) in [7, 11) is 2.17. The predicted octanol–water partition coefficient (Wildman–Crippen LogP) is -2.08. The third-order valence-electron chi connectivity index (χ3n) is 1.43. The van der Waals surface area contributed by atoms with Crippen LogP contribution in [0.5, 0.6) is 0 Å². The van der Waals surface area contributed by atoms with Gasteiger partial charge in [0.2, 0.25) is 0 Å². The van der Waals surface area contributed by atoms with E-state index in [9.17, 15) is 0 Å². The van der Waals surface area contributed by atoms with Gasteiger partial charge in [-0.05, 0) is 20.1 Å². The van der Waals surface area contributed by atoms with Crippen molar-refractivity contribution in [1.82, 2.24) is 4.90 Å². The Labute approximate surface area is 63.6 Å². The fourth-order valence-electron chi connectivity index (χ4n) is 0.879. The Morgan fingerprint density at radius 2 is 1.75 bits per heavy atom. The molecule has 0 aromatic heterocycles. The van der Waals surface area contributed by atoms with E-state index in [1.165, 1.54) is 25.9 Å². The van der Waals surface area contributed by atoms with Gasteiger partial charge in [0.1, 0.15) is 0 Å². The van der Waals surface area contributed by atoms with E-state index in [1.807, 2.05) is 0 Å². The second kappa shape index (κ2) is 4.44. The van der Waals surface area contributed by atoms with Crippen LogP contribution in [0.4, 0.5) is 0 Å². The average molecular weight is 105 g/mol. The van der Waals surface area contributed by atoms with E-state index in [0.29, 0.717) is 0 Å². The van der Waals surface area contributed by atoms with Gasteiger partial charge in [-0.15, -0.1) is 0 Å². The molecule has 42 valence electrons. The maximum absolute atomic E-state index is 2.36. The molecule has 0 aromatic rings. The number of hydrogen-bond donors (Lipinski definition) is 0. The van der Waals surface area contributed by atoms with Crippen molar-refractivity contribution in [1.29, 1.82) is 0 Å². The van der Waals surface area contributed by atoms with E-state index in [4.69, 9.17) is 0 Å². The molecule has 0 amide bonds. The van der Waals surface area contributed by atoms with Crippen molar-refractivity contribution in [3.63, 3.8) is 0 Å². The summed E-state index contributed by atoms with van der Waals surface area (Å²) < 4.78 is 0. The molecule has 0 aliphatic carbocycles. The molecule has 0 radical (unpaired) electrons. The first-order valence-electron chi connectivity index (χ1n) is 2.90. The molecule has 0 N–H and O–H groups in total. The maximum atomic E-state index is 2.36. The standard InChI is InChI=1S/C6H12N.Li/c1-7-5-3-2-4-6-7;/h2H,3-6H2,1H3;/q-1;+1. The minimum Gasteiger partial charge on any atom is -0.326 e. The summed E-state index contributed by atoms with van der Waals surface area (Å²) in [5.74, 6) is 0. The van der Waals surface area contributed by atoms with Crippen molar-refractivity contribution >= 4 is 0 Å². The van der Waals surface area contributed by atoms with Gasteiger partial charge in [0.15, 0.2) is 0 Å². The van der Waals surface area contributed by atoms with E-state index in [1.54, 1.807) is 0 Å². The molecule has 0 bridgehead atoms. The molecule has 0 saturated carbocycles. The second-order valence-electron chi connectivity index (χ2n) is 2.17. The van der Waals surface area contributed by atoms with Crippen molar-refractivity contribution in [2.75, 3.05) is 20.1 Å². The predicted molar refractivity (Wildman–Crippen MR) is 31.0 cm³/mol. The van der Waals surface area contributed by atoms with Crippen LogP contribution in [-0.4, -0.2) is 25.0 Å². The second-order valence-corrected chi connectivity index (χ2v) is 2.17. The maximum Gasteiger partial charge on any atom is 1.00 e. The Bertz CT molecular complexity index is 50.5. The molecule has 0 aromatic carbocycles. The van der Waals surface area contributed by atoms with Crippen LogP contribution in [-0.2, 0) is 0 Å². The summed E-state index contributed by atoms with van der Waals surface area (Å²) in [5.41, 5.74) is 0. The Hall–Kier alpha value is 0.557. The molecule has 1 aliphatic heterocycles. The van der Waals surface area contributed by atoms with Gasteiger partial charge in [-0.1, -0.05) is 0 Å². The Kier molecular flexibility index (Phi) is 4.75. The fourth-order valence-corrected chi connectivity index (χ4v) is 0.879. The SMILES string of the molecule is CN1CC[CH-]CC1.[Li+]. The smallest absolute Gasteiger partial charge is 0.326 e.